The molecule has 2 aromatic carbocycles. The average molecular weight is 458 g/mol. The van der Waals surface area contributed by atoms with Gasteiger partial charge in [-0.25, -0.2) is 9.18 Å². The van der Waals surface area contributed by atoms with Crippen LogP contribution in [-0.4, -0.2) is 48.5 Å². The van der Waals surface area contributed by atoms with Crippen LogP contribution in [-0.2, 0) is 9.53 Å². The Kier molecular flexibility index (Phi) is 7.10. The average Bonchev–Trinajstić information content (AvgIpc) is 3.16. The van der Waals surface area contributed by atoms with Gasteiger partial charge >= 0.3 is 6.03 Å². The van der Waals surface area contributed by atoms with Crippen molar-refractivity contribution < 1.29 is 28.6 Å². The minimum absolute atomic E-state index is 0.0724. The summed E-state index contributed by atoms with van der Waals surface area (Å²) in [6.45, 7) is 2.39. The smallest absolute Gasteiger partial charge is 0.323 e. The molecule has 4 N–H and O–H groups in total. The lowest BCUT2D eigenvalue weighted by Crippen LogP contribution is -2.47. The number of carbonyl (C=O) groups is 2. The zero-order valence-electron chi connectivity index (χ0n) is 18.3. The molecule has 0 aliphatic carbocycles. The van der Waals surface area contributed by atoms with Crippen molar-refractivity contribution in [1.82, 2.24) is 5.32 Å². The summed E-state index contributed by atoms with van der Waals surface area (Å²) in [5.74, 6) is 0.140. The van der Waals surface area contributed by atoms with Gasteiger partial charge in [-0.15, -0.1) is 0 Å². The third kappa shape index (κ3) is 5.43. The van der Waals surface area contributed by atoms with Gasteiger partial charge in [0, 0.05) is 29.4 Å². The fourth-order valence-electron chi connectivity index (χ4n) is 4.34. The number of carbonyl (C=O) groups excluding carboxylic acids is 2. The van der Waals surface area contributed by atoms with Crippen LogP contribution in [0.4, 0.5) is 20.6 Å². The number of halogens is 1. The highest BCUT2D eigenvalue weighted by Crippen LogP contribution is 2.47. The number of rotatable bonds is 7. The number of nitrogens with one attached hydrogen (secondary N) is 3. The molecule has 2 aliphatic rings. The van der Waals surface area contributed by atoms with Gasteiger partial charge in [-0.3, -0.25) is 4.79 Å². The predicted molar refractivity (Wildman–Crippen MR) is 121 cm³/mol. The molecule has 0 aromatic heterocycles. The van der Waals surface area contributed by atoms with Crippen LogP contribution in [0.5, 0.6) is 5.75 Å². The van der Waals surface area contributed by atoms with E-state index in [1.807, 2.05) is 13.0 Å². The highest BCUT2D eigenvalue weighted by Gasteiger charge is 2.46. The fraction of sp³-hybridized carbons (Fsp3) is 0.417. The summed E-state index contributed by atoms with van der Waals surface area (Å²) in [5, 5.41) is 18.1. The molecule has 3 amide bonds. The predicted octanol–water partition coefficient (Wildman–Crippen LogP) is 3.38. The Morgan fingerprint density at radius 3 is 2.58 bits per heavy atom. The molecule has 2 aromatic rings. The highest BCUT2D eigenvalue weighted by atomic mass is 19.1. The van der Waals surface area contributed by atoms with Gasteiger partial charge in [0.25, 0.3) is 0 Å². The largest absolute Gasteiger partial charge is 0.487 e. The van der Waals surface area contributed by atoms with Gasteiger partial charge in [-0.2, -0.15) is 0 Å². The topological polar surface area (TPSA) is 109 Å². The number of ether oxygens (including phenoxy) is 2. The quantitative estimate of drug-likeness (QED) is 0.510. The molecule has 1 saturated heterocycles. The lowest BCUT2D eigenvalue weighted by atomic mass is 9.84. The second-order valence-electron chi connectivity index (χ2n) is 8.30. The van der Waals surface area contributed by atoms with Crippen molar-refractivity contribution in [3.63, 3.8) is 0 Å². The summed E-state index contributed by atoms with van der Waals surface area (Å²) >= 11 is 0. The van der Waals surface area contributed by atoms with Crippen LogP contribution in [0.1, 0.15) is 37.7 Å². The number of amides is 3. The van der Waals surface area contributed by atoms with E-state index in [9.17, 15) is 19.1 Å². The molecule has 4 atom stereocenters. The normalized spacial score (nSPS) is 23.1. The molecule has 9 heteroatoms. The number of fused-ring (bicyclic) bond motifs is 3. The van der Waals surface area contributed by atoms with Crippen molar-refractivity contribution >= 4 is 23.3 Å². The van der Waals surface area contributed by atoms with Gasteiger partial charge in [-0.05, 0) is 55.3 Å². The zero-order valence-corrected chi connectivity index (χ0v) is 18.3. The molecular formula is C24H28FN3O5. The summed E-state index contributed by atoms with van der Waals surface area (Å²) in [4.78, 5) is 24.5. The molecule has 0 radical (unpaired) electrons. The van der Waals surface area contributed by atoms with Crippen molar-refractivity contribution in [1.29, 1.82) is 0 Å². The Morgan fingerprint density at radius 2 is 1.85 bits per heavy atom. The Hall–Kier alpha value is -3.17. The number of aliphatic hydroxyl groups is 1. The SMILES string of the molecule is CCCNC(=O)C[C@@H]1C[C@H]2c3cc(NC(=O)Nc4ccc(F)cc4)ccc3O[C@H]2[C@@H](CO)O1. The van der Waals surface area contributed by atoms with Crippen LogP contribution in [0.3, 0.4) is 0 Å². The van der Waals surface area contributed by atoms with Crippen LogP contribution in [0.2, 0.25) is 0 Å². The maximum atomic E-state index is 13.1. The van der Waals surface area contributed by atoms with Crippen LogP contribution in [0.25, 0.3) is 0 Å². The molecule has 8 nitrogen and oxygen atoms in total. The van der Waals surface area contributed by atoms with E-state index >= 15 is 0 Å². The minimum Gasteiger partial charge on any atom is -0.487 e. The highest BCUT2D eigenvalue weighted by molar-refractivity contribution is 5.99. The van der Waals surface area contributed by atoms with Gasteiger partial charge < -0.3 is 30.5 Å². The first-order valence-corrected chi connectivity index (χ1v) is 11.1. The molecule has 2 heterocycles. The third-order valence-electron chi connectivity index (χ3n) is 5.84. The van der Waals surface area contributed by atoms with Crippen molar-refractivity contribution in [3.05, 3.63) is 53.8 Å². The number of benzene rings is 2. The minimum atomic E-state index is -0.543. The molecule has 0 unspecified atom stereocenters. The van der Waals surface area contributed by atoms with E-state index in [4.69, 9.17) is 9.47 Å². The number of hydrogen-bond donors (Lipinski definition) is 4. The number of aliphatic hydroxyl groups excluding tert-OH is 1. The van der Waals surface area contributed by atoms with Gasteiger partial charge in [0.15, 0.2) is 0 Å². The van der Waals surface area contributed by atoms with Gasteiger partial charge in [0.2, 0.25) is 5.91 Å². The lowest BCUT2D eigenvalue weighted by molar-refractivity contribution is -0.142. The third-order valence-corrected chi connectivity index (χ3v) is 5.84. The maximum Gasteiger partial charge on any atom is 0.323 e. The molecule has 1 fully saturated rings. The van der Waals surface area contributed by atoms with Crippen LogP contribution in [0, 0.1) is 5.82 Å². The fourth-order valence-corrected chi connectivity index (χ4v) is 4.34. The lowest BCUT2D eigenvalue weighted by Gasteiger charge is -2.37. The van der Waals surface area contributed by atoms with Gasteiger partial charge in [0.1, 0.15) is 23.8 Å². The summed E-state index contributed by atoms with van der Waals surface area (Å²) < 4.78 is 25.1. The molecular weight excluding hydrogens is 429 g/mol. The van der Waals surface area contributed by atoms with Crippen molar-refractivity contribution in [2.24, 2.45) is 0 Å². The molecule has 4 rings (SSSR count). The van der Waals surface area contributed by atoms with Crippen molar-refractivity contribution in [2.75, 3.05) is 23.8 Å². The first-order valence-electron chi connectivity index (χ1n) is 11.1. The van der Waals surface area contributed by atoms with E-state index in [0.717, 1.165) is 12.0 Å². The monoisotopic (exact) mass is 457 g/mol. The van der Waals surface area contributed by atoms with Crippen molar-refractivity contribution in [2.45, 2.75) is 50.4 Å². The summed E-state index contributed by atoms with van der Waals surface area (Å²) in [5.41, 5.74) is 1.94. The Balaban J connectivity index is 1.45. The van der Waals surface area contributed by atoms with Crippen molar-refractivity contribution in [3.8, 4) is 5.75 Å². The first kappa shape index (κ1) is 23.0. The number of hydrogen-bond acceptors (Lipinski definition) is 5. The molecule has 2 aliphatic heterocycles. The van der Waals surface area contributed by atoms with E-state index in [1.54, 1.807) is 12.1 Å². The first-order chi connectivity index (χ1) is 16.0. The van der Waals surface area contributed by atoms with Gasteiger partial charge in [-0.1, -0.05) is 6.92 Å². The van der Waals surface area contributed by atoms with Crippen LogP contribution < -0.4 is 20.7 Å². The number of anilines is 2. The second-order valence-corrected chi connectivity index (χ2v) is 8.30. The molecule has 0 saturated carbocycles. The van der Waals surface area contributed by atoms with Crippen LogP contribution >= 0.6 is 0 Å². The van der Waals surface area contributed by atoms with E-state index in [0.29, 0.717) is 30.1 Å². The molecule has 0 bridgehead atoms. The molecule has 0 spiro atoms. The molecule has 176 valence electrons. The summed E-state index contributed by atoms with van der Waals surface area (Å²) in [6, 6.07) is 10.4. The van der Waals surface area contributed by atoms with E-state index in [1.165, 1.54) is 24.3 Å². The Labute approximate surface area is 191 Å². The summed E-state index contributed by atoms with van der Waals surface area (Å²) in [7, 11) is 0. The van der Waals surface area contributed by atoms with E-state index in [-0.39, 0.29) is 42.9 Å². The Bertz CT molecular complexity index is 1000. The maximum absolute atomic E-state index is 13.1. The van der Waals surface area contributed by atoms with Gasteiger partial charge in [0.05, 0.1) is 19.1 Å². The zero-order chi connectivity index (χ0) is 23.4. The van der Waals surface area contributed by atoms with Crippen LogP contribution in [0.15, 0.2) is 42.5 Å². The standard InChI is InChI=1S/C24H28FN3O5/c1-2-9-26-22(30)12-17-11-19-18-10-16(7-8-20(18)33-23(19)21(13-29)32-17)28-24(31)27-15-5-3-14(25)4-6-15/h3-8,10,17,19,21,23,29H,2,9,11-13H2,1H3,(H,26,30)(H2,27,28,31)/t17-,19-,21+,23+/m0/s1. The summed E-state index contributed by atoms with van der Waals surface area (Å²) in [6.07, 6.45) is 0.397. The van der Waals surface area contributed by atoms with E-state index < -0.39 is 12.1 Å². The second kappa shape index (κ2) is 10.2. The molecule has 33 heavy (non-hydrogen) atoms. The van der Waals surface area contributed by atoms with E-state index in [2.05, 4.69) is 16.0 Å². The number of urea groups is 1. The Morgan fingerprint density at radius 1 is 1.12 bits per heavy atom.